The maximum absolute atomic E-state index is 12.4. The zero-order chi connectivity index (χ0) is 18.7. The number of benzene rings is 1. The lowest BCUT2D eigenvalue weighted by Crippen LogP contribution is -2.43. The van der Waals surface area contributed by atoms with Gasteiger partial charge in [-0.05, 0) is 51.7 Å². The lowest BCUT2D eigenvalue weighted by Gasteiger charge is -2.34. The number of hydrogen-bond donors (Lipinski definition) is 1. The van der Waals surface area contributed by atoms with Crippen molar-refractivity contribution in [1.82, 2.24) is 5.32 Å². The third kappa shape index (κ3) is 4.48. The van der Waals surface area contributed by atoms with Crippen LogP contribution < -0.4 is 15.0 Å². The Hall–Kier alpha value is -2.24. The molecule has 1 aromatic carbocycles. The summed E-state index contributed by atoms with van der Waals surface area (Å²) in [5, 5.41) is 3.12. The number of amides is 1. The highest BCUT2D eigenvalue weighted by molar-refractivity contribution is 5.80. The molecule has 2 fully saturated rings. The SMILES string of the molecule is COC(=O)C(C)(C)Oc1cccc(N2CCCC(C(=O)NC3CC3)C2)c1. The molecule has 2 aliphatic rings. The molecule has 6 heteroatoms. The van der Waals surface area contributed by atoms with Crippen LogP contribution in [-0.4, -0.2) is 43.7 Å². The van der Waals surface area contributed by atoms with E-state index >= 15 is 0 Å². The molecule has 6 nitrogen and oxygen atoms in total. The summed E-state index contributed by atoms with van der Waals surface area (Å²) in [6, 6.07) is 8.07. The van der Waals surface area contributed by atoms with Gasteiger partial charge in [-0.3, -0.25) is 4.79 Å². The second kappa shape index (κ2) is 7.56. The first-order chi connectivity index (χ1) is 12.4. The van der Waals surface area contributed by atoms with Crippen LogP contribution in [0.3, 0.4) is 0 Å². The number of hydrogen-bond acceptors (Lipinski definition) is 5. The molecule has 1 aromatic rings. The van der Waals surface area contributed by atoms with E-state index in [1.165, 1.54) is 7.11 Å². The summed E-state index contributed by atoms with van der Waals surface area (Å²) in [4.78, 5) is 26.4. The van der Waals surface area contributed by atoms with Crippen LogP contribution >= 0.6 is 0 Å². The second-order valence-electron chi connectivity index (χ2n) is 7.67. The van der Waals surface area contributed by atoms with E-state index in [4.69, 9.17) is 9.47 Å². The maximum atomic E-state index is 12.4. The number of nitrogens with one attached hydrogen (secondary N) is 1. The summed E-state index contributed by atoms with van der Waals surface area (Å²) in [7, 11) is 1.35. The molecule has 1 aliphatic carbocycles. The number of anilines is 1. The first kappa shape index (κ1) is 18.5. The van der Waals surface area contributed by atoms with Gasteiger partial charge in [0.15, 0.2) is 5.60 Å². The van der Waals surface area contributed by atoms with Crippen molar-refractivity contribution in [2.75, 3.05) is 25.1 Å². The van der Waals surface area contributed by atoms with Gasteiger partial charge in [-0.1, -0.05) is 6.07 Å². The van der Waals surface area contributed by atoms with Crippen LogP contribution in [0.15, 0.2) is 24.3 Å². The second-order valence-corrected chi connectivity index (χ2v) is 7.67. The number of rotatable bonds is 6. The molecule has 1 saturated heterocycles. The molecule has 3 rings (SSSR count). The van der Waals surface area contributed by atoms with Crippen LogP contribution in [0.2, 0.25) is 0 Å². The van der Waals surface area contributed by atoms with Crippen LogP contribution in [0.1, 0.15) is 39.5 Å². The van der Waals surface area contributed by atoms with Crippen molar-refractivity contribution in [2.24, 2.45) is 5.92 Å². The Labute approximate surface area is 154 Å². The molecule has 1 aliphatic heterocycles. The minimum atomic E-state index is -1.05. The highest BCUT2D eigenvalue weighted by Gasteiger charge is 2.32. The Kier molecular flexibility index (Phi) is 5.39. The van der Waals surface area contributed by atoms with Crippen molar-refractivity contribution in [1.29, 1.82) is 0 Å². The van der Waals surface area contributed by atoms with E-state index in [1.54, 1.807) is 13.8 Å². The maximum Gasteiger partial charge on any atom is 0.349 e. The number of carbonyl (C=O) groups excluding carboxylic acids is 2. The minimum Gasteiger partial charge on any atom is -0.476 e. The van der Waals surface area contributed by atoms with Gasteiger partial charge >= 0.3 is 5.97 Å². The predicted octanol–water partition coefficient (Wildman–Crippen LogP) is 2.51. The van der Waals surface area contributed by atoms with Gasteiger partial charge in [0, 0.05) is 30.9 Å². The quantitative estimate of drug-likeness (QED) is 0.790. The zero-order valence-corrected chi connectivity index (χ0v) is 15.8. The van der Waals surface area contributed by atoms with Gasteiger partial charge in [0.2, 0.25) is 5.91 Å². The summed E-state index contributed by atoms with van der Waals surface area (Å²) in [6.45, 7) is 4.99. The summed E-state index contributed by atoms with van der Waals surface area (Å²) in [6.07, 6.45) is 4.14. The fraction of sp³-hybridized carbons (Fsp3) is 0.600. The largest absolute Gasteiger partial charge is 0.476 e. The number of nitrogens with zero attached hydrogens (tertiary/aromatic N) is 1. The van der Waals surface area contributed by atoms with Gasteiger partial charge in [-0.2, -0.15) is 0 Å². The molecule has 1 unspecified atom stereocenters. The predicted molar refractivity (Wildman–Crippen MR) is 99.3 cm³/mol. The van der Waals surface area contributed by atoms with E-state index < -0.39 is 11.6 Å². The molecule has 0 bridgehead atoms. The molecule has 26 heavy (non-hydrogen) atoms. The van der Waals surface area contributed by atoms with E-state index in [-0.39, 0.29) is 11.8 Å². The Balaban J connectivity index is 1.66. The summed E-state index contributed by atoms with van der Waals surface area (Å²) >= 11 is 0. The average molecular weight is 360 g/mol. The normalized spacial score (nSPS) is 20.4. The van der Waals surface area contributed by atoms with Gasteiger partial charge in [0.05, 0.1) is 13.0 Å². The van der Waals surface area contributed by atoms with Crippen molar-refractivity contribution in [2.45, 2.75) is 51.2 Å². The summed E-state index contributed by atoms with van der Waals surface area (Å²) in [5.41, 5.74) is -0.0471. The molecule has 0 radical (unpaired) electrons. The smallest absolute Gasteiger partial charge is 0.349 e. The summed E-state index contributed by atoms with van der Waals surface area (Å²) < 4.78 is 10.6. The molecule has 1 N–H and O–H groups in total. The molecule has 1 amide bonds. The van der Waals surface area contributed by atoms with Crippen LogP contribution in [0, 0.1) is 5.92 Å². The molecule has 0 spiro atoms. The third-order valence-electron chi connectivity index (χ3n) is 4.95. The van der Waals surface area contributed by atoms with Crippen molar-refractivity contribution < 1.29 is 19.1 Å². The van der Waals surface area contributed by atoms with Crippen LogP contribution in [0.5, 0.6) is 5.75 Å². The monoisotopic (exact) mass is 360 g/mol. The fourth-order valence-electron chi connectivity index (χ4n) is 3.30. The molecular weight excluding hydrogens is 332 g/mol. The lowest BCUT2D eigenvalue weighted by molar-refractivity contribution is -0.156. The van der Waals surface area contributed by atoms with Gasteiger partial charge in [0.1, 0.15) is 5.75 Å². The summed E-state index contributed by atoms with van der Waals surface area (Å²) in [5.74, 6) is 0.400. The Morgan fingerprint density at radius 1 is 1.23 bits per heavy atom. The van der Waals surface area contributed by atoms with Crippen LogP contribution in [0.25, 0.3) is 0 Å². The Morgan fingerprint density at radius 3 is 2.69 bits per heavy atom. The van der Waals surface area contributed by atoms with Gasteiger partial charge < -0.3 is 19.7 Å². The van der Waals surface area contributed by atoms with E-state index in [0.717, 1.165) is 37.9 Å². The lowest BCUT2D eigenvalue weighted by atomic mass is 9.96. The molecule has 1 saturated carbocycles. The number of ether oxygens (including phenoxy) is 2. The third-order valence-corrected chi connectivity index (χ3v) is 4.95. The number of carbonyl (C=O) groups is 2. The van der Waals surface area contributed by atoms with Crippen molar-refractivity contribution in [3.05, 3.63) is 24.3 Å². The molecule has 1 heterocycles. The zero-order valence-electron chi connectivity index (χ0n) is 15.8. The number of esters is 1. The van der Waals surface area contributed by atoms with E-state index in [1.807, 2.05) is 24.3 Å². The van der Waals surface area contributed by atoms with Crippen LogP contribution in [-0.2, 0) is 14.3 Å². The first-order valence-corrected chi connectivity index (χ1v) is 9.32. The minimum absolute atomic E-state index is 0.0282. The highest BCUT2D eigenvalue weighted by atomic mass is 16.6. The van der Waals surface area contributed by atoms with Gasteiger partial charge in [-0.15, -0.1) is 0 Å². The van der Waals surface area contributed by atoms with Crippen molar-refractivity contribution in [3.63, 3.8) is 0 Å². The van der Waals surface area contributed by atoms with Crippen LogP contribution in [0.4, 0.5) is 5.69 Å². The van der Waals surface area contributed by atoms with E-state index in [2.05, 4.69) is 10.2 Å². The highest BCUT2D eigenvalue weighted by Crippen LogP contribution is 2.29. The average Bonchev–Trinajstić information content (AvgIpc) is 3.45. The van der Waals surface area contributed by atoms with E-state index in [9.17, 15) is 9.59 Å². The fourth-order valence-corrected chi connectivity index (χ4v) is 3.30. The Morgan fingerprint density at radius 2 is 2.00 bits per heavy atom. The first-order valence-electron chi connectivity index (χ1n) is 9.32. The molecular formula is C20H28N2O4. The molecule has 142 valence electrons. The number of methoxy groups -OCH3 is 1. The van der Waals surface area contributed by atoms with Gasteiger partial charge in [0.25, 0.3) is 0 Å². The van der Waals surface area contributed by atoms with Crippen molar-refractivity contribution >= 4 is 17.6 Å². The standard InChI is InChI=1S/C20H28N2O4/c1-20(2,19(24)25-3)26-17-8-4-7-16(12-17)22-11-5-6-14(13-22)18(23)21-15-9-10-15/h4,7-8,12,14-15H,5-6,9-11,13H2,1-3H3,(H,21,23). The Bertz CT molecular complexity index is 670. The van der Waals surface area contributed by atoms with E-state index in [0.29, 0.717) is 18.3 Å². The molecule has 1 atom stereocenters. The number of piperidine rings is 1. The molecule has 0 aromatic heterocycles. The van der Waals surface area contributed by atoms with Gasteiger partial charge in [-0.25, -0.2) is 4.79 Å². The van der Waals surface area contributed by atoms with Crippen molar-refractivity contribution in [3.8, 4) is 5.75 Å². The topological polar surface area (TPSA) is 67.9 Å².